The van der Waals surface area contributed by atoms with E-state index in [9.17, 15) is 19.2 Å². The first kappa shape index (κ1) is 24.7. The summed E-state index contributed by atoms with van der Waals surface area (Å²) in [5, 5.41) is 5.51. The minimum atomic E-state index is -0.844. The Balaban J connectivity index is 1.58. The molecule has 0 radical (unpaired) electrons. The fourth-order valence-corrected chi connectivity index (χ4v) is 4.54. The van der Waals surface area contributed by atoms with Crippen LogP contribution in [0.25, 0.3) is 0 Å². The standard InChI is InChI=1S/C25H35N3O5/c1-17(2)21(27-25(32)33-16-18-10-5-3-6-11-18)24(31)28-15-9-14-20(28)22(29)23(30)26-19-12-7-4-8-13-19/h3,5-6,10-11,17,19-21H,4,7-9,12-16H2,1-2H3,(H,26,30)(H,27,32)/t20?,21-/m0/s1. The van der Waals surface area contributed by atoms with E-state index in [1.165, 1.54) is 4.90 Å². The summed E-state index contributed by atoms with van der Waals surface area (Å²) in [5.74, 6) is -1.75. The first-order valence-corrected chi connectivity index (χ1v) is 12.0. The summed E-state index contributed by atoms with van der Waals surface area (Å²) in [6.45, 7) is 4.12. The maximum Gasteiger partial charge on any atom is 0.408 e. The number of alkyl carbamates (subject to hydrolysis) is 1. The van der Waals surface area contributed by atoms with Crippen LogP contribution in [0.4, 0.5) is 4.79 Å². The average Bonchev–Trinajstić information content (AvgIpc) is 3.31. The van der Waals surface area contributed by atoms with E-state index in [4.69, 9.17) is 4.74 Å². The van der Waals surface area contributed by atoms with Crippen molar-refractivity contribution in [2.45, 2.75) is 83.5 Å². The number of nitrogens with zero attached hydrogens (tertiary/aromatic N) is 1. The molecule has 3 amide bonds. The third-order valence-electron chi connectivity index (χ3n) is 6.42. The first-order chi connectivity index (χ1) is 15.9. The topological polar surface area (TPSA) is 105 Å². The lowest BCUT2D eigenvalue weighted by Gasteiger charge is -2.30. The number of benzene rings is 1. The molecule has 0 spiro atoms. The highest BCUT2D eigenvalue weighted by Gasteiger charge is 2.41. The summed E-state index contributed by atoms with van der Waals surface area (Å²) in [6, 6.07) is 7.67. The van der Waals surface area contributed by atoms with Gasteiger partial charge in [-0.3, -0.25) is 14.4 Å². The minimum absolute atomic E-state index is 0.0326. The van der Waals surface area contributed by atoms with Crippen molar-refractivity contribution in [3.05, 3.63) is 35.9 Å². The molecule has 180 valence electrons. The molecule has 1 saturated heterocycles. The Hall–Kier alpha value is -2.90. The molecular weight excluding hydrogens is 422 g/mol. The molecule has 1 aliphatic heterocycles. The van der Waals surface area contributed by atoms with Crippen LogP contribution >= 0.6 is 0 Å². The van der Waals surface area contributed by atoms with Crippen LogP contribution in [0.1, 0.15) is 64.4 Å². The van der Waals surface area contributed by atoms with Gasteiger partial charge in [-0.25, -0.2) is 4.79 Å². The van der Waals surface area contributed by atoms with Crippen LogP contribution in [0.2, 0.25) is 0 Å². The van der Waals surface area contributed by atoms with Gasteiger partial charge in [0.25, 0.3) is 5.91 Å². The van der Waals surface area contributed by atoms with Gasteiger partial charge in [0.2, 0.25) is 11.7 Å². The van der Waals surface area contributed by atoms with Crippen molar-refractivity contribution in [2.75, 3.05) is 6.54 Å². The Labute approximate surface area is 195 Å². The summed E-state index contributed by atoms with van der Waals surface area (Å²) >= 11 is 0. The molecule has 1 unspecified atom stereocenters. The quantitative estimate of drug-likeness (QED) is 0.584. The van der Waals surface area contributed by atoms with Crippen LogP contribution in [0.3, 0.4) is 0 Å². The van der Waals surface area contributed by atoms with E-state index in [0.717, 1.165) is 37.7 Å². The van der Waals surface area contributed by atoms with Crippen LogP contribution in [0.15, 0.2) is 30.3 Å². The summed E-state index contributed by atoms with van der Waals surface area (Å²) < 4.78 is 5.27. The normalized spacial score (nSPS) is 19.7. The second-order valence-electron chi connectivity index (χ2n) is 9.29. The minimum Gasteiger partial charge on any atom is -0.445 e. The van der Waals surface area contributed by atoms with E-state index < -0.39 is 29.9 Å². The number of rotatable bonds is 8. The number of ketones is 1. The van der Waals surface area contributed by atoms with Gasteiger partial charge in [0.15, 0.2) is 0 Å². The highest BCUT2D eigenvalue weighted by atomic mass is 16.5. The van der Waals surface area contributed by atoms with Gasteiger partial charge in [-0.05, 0) is 37.2 Å². The summed E-state index contributed by atoms with van der Waals surface area (Å²) in [5.41, 5.74) is 0.842. The van der Waals surface area contributed by atoms with Gasteiger partial charge in [0.1, 0.15) is 18.7 Å². The SMILES string of the molecule is CC(C)[C@H](NC(=O)OCc1ccccc1)C(=O)N1CCCC1C(=O)C(=O)NC1CCCCC1. The number of hydrogen-bond acceptors (Lipinski definition) is 5. The largest absolute Gasteiger partial charge is 0.445 e. The fourth-order valence-electron chi connectivity index (χ4n) is 4.54. The molecule has 0 aromatic heterocycles. The Bertz CT molecular complexity index is 836. The Morgan fingerprint density at radius 2 is 1.70 bits per heavy atom. The molecule has 2 aliphatic rings. The van der Waals surface area contributed by atoms with Crippen molar-refractivity contribution in [3.63, 3.8) is 0 Å². The molecular formula is C25H35N3O5. The maximum absolute atomic E-state index is 13.3. The number of carbonyl (C=O) groups excluding carboxylic acids is 4. The average molecular weight is 458 g/mol. The number of Topliss-reactive ketones (excluding diaryl/α,β-unsaturated/α-hetero) is 1. The summed E-state index contributed by atoms with van der Waals surface area (Å²) in [7, 11) is 0. The van der Waals surface area contributed by atoms with E-state index in [2.05, 4.69) is 10.6 Å². The van der Waals surface area contributed by atoms with Crippen molar-refractivity contribution in [1.29, 1.82) is 0 Å². The number of hydrogen-bond donors (Lipinski definition) is 2. The molecule has 1 aliphatic carbocycles. The lowest BCUT2D eigenvalue weighted by atomic mass is 9.95. The van der Waals surface area contributed by atoms with Gasteiger partial charge >= 0.3 is 6.09 Å². The van der Waals surface area contributed by atoms with Gasteiger partial charge in [-0.15, -0.1) is 0 Å². The van der Waals surface area contributed by atoms with Gasteiger partial charge in [0, 0.05) is 12.6 Å². The van der Waals surface area contributed by atoms with E-state index in [1.54, 1.807) is 0 Å². The van der Waals surface area contributed by atoms with Gasteiger partial charge in [0.05, 0.1) is 0 Å². The van der Waals surface area contributed by atoms with Crippen LogP contribution in [-0.4, -0.2) is 53.3 Å². The second kappa shape index (κ2) is 11.8. The molecule has 2 fully saturated rings. The molecule has 8 heteroatoms. The zero-order chi connectivity index (χ0) is 23.8. The number of nitrogens with one attached hydrogen (secondary N) is 2. The van der Waals surface area contributed by atoms with Crippen molar-refractivity contribution in [1.82, 2.24) is 15.5 Å². The van der Waals surface area contributed by atoms with Crippen LogP contribution in [0, 0.1) is 5.92 Å². The second-order valence-corrected chi connectivity index (χ2v) is 9.29. The summed E-state index contributed by atoms with van der Waals surface area (Å²) in [6.07, 6.45) is 5.43. The Kier molecular flexibility index (Phi) is 8.86. The van der Waals surface area contributed by atoms with E-state index in [1.807, 2.05) is 44.2 Å². The maximum atomic E-state index is 13.3. The van der Waals surface area contributed by atoms with Gasteiger partial charge in [-0.2, -0.15) is 0 Å². The number of carbonyl (C=O) groups is 4. The number of amides is 3. The lowest BCUT2D eigenvalue weighted by Crippen LogP contribution is -2.55. The van der Waals surface area contributed by atoms with Crippen LogP contribution < -0.4 is 10.6 Å². The van der Waals surface area contributed by atoms with Crippen LogP contribution in [0.5, 0.6) is 0 Å². The highest BCUT2D eigenvalue weighted by molar-refractivity contribution is 6.38. The summed E-state index contributed by atoms with van der Waals surface area (Å²) in [4.78, 5) is 52.6. The zero-order valence-corrected chi connectivity index (χ0v) is 19.5. The zero-order valence-electron chi connectivity index (χ0n) is 19.5. The molecule has 1 aromatic rings. The molecule has 2 N–H and O–H groups in total. The Morgan fingerprint density at radius 1 is 1.00 bits per heavy atom. The molecule has 1 heterocycles. The molecule has 1 aromatic carbocycles. The third-order valence-corrected chi connectivity index (χ3v) is 6.42. The van der Waals surface area contributed by atoms with Crippen molar-refractivity contribution in [3.8, 4) is 0 Å². The van der Waals surface area contributed by atoms with Crippen molar-refractivity contribution < 1.29 is 23.9 Å². The smallest absolute Gasteiger partial charge is 0.408 e. The van der Waals surface area contributed by atoms with Gasteiger partial charge in [-0.1, -0.05) is 63.4 Å². The monoisotopic (exact) mass is 457 g/mol. The molecule has 2 atom stereocenters. The molecule has 3 rings (SSSR count). The van der Waals surface area contributed by atoms with Crippen molar-refractivity contribution in [2.24, 2.45) is 5.92 Å². The Morgan fingerprint density at radius 3 is 2.36 bits per heavy atom. The highest BCUT2D eigenvalue weighted by Crippen LogP contribution is 2.22. The third kappa shape index (κ3) is 6.79. The predicted octanol–water partition coefficient (Wildman–Crippen LogP) is 2.95. The molecule has 33 heavy (non-hydrogen) atoms. The fraction of sp³-hybridized carbons (Fsp3) is 0.600. The number of ether oxygens (including phenoxy) is 1. The van der Waals surface area contributed by atoms with Crippen LogP contribution in [-0.2, 0) is 25.7 Å². The first-order valence-electron chi connectivity index (χ1n) is 12.0. The lowest BCUT2D eigenvalue weighted by molar-refractivity contribution is -0.145. The molecule has 1 saturated carbocycles. The molecule has 8 nitrogen and oxygen atoms in total. The molecule has 0 bridgehead atoms. The van der Waals surface area contributed by atoms with Gasteiger partial charge < -0.3 is 20.3 Å². The number of likely N-dealkylation sites (tertiary alicyclic amines) is 1. The van der Waals surface area contributed by atoms with E-state index in [0.29, 0.717) is 19.4 Å². The van der Waals surface area contributed by atoms with E-state index in [-0.39, 0.29) is 24.5 Å². The predicted molar refractivity (Wildman–Crippen MR) is 123 cm³/mol. The van der Waals surface area contributed by atoms with Crippen molar-refractivity contribution >= 4 is 23.7 Å². The van der Waals surface area contributed by atoms with E-state index >= 15 is 0 Å².